The van der Waals surface area contributed by atoms with Crippen LogP contribution in [-0.4, -0.2) is 37.4 Å². The monoisotopic (exact) mass is 362 g/mol. The van der Waals surface area contributed by atoms with Crippen LogP contribution in [0.3, 0.4) is 0 Å². The first-order valence-electron chi connectivity index (χ1n) is 7.27. The number of benzene rings is 2. The molecule has 0 atom stereocenters. The third kappa shape index (κ3) is 3.45. The first kappa shape index (κ1) is 16.9. The Morgan fingerprint density at radius 2 is 1.84 bits per heavy atom. The maximum absolute atomic E-state index is 13.2. The number of rotatable bonds is 4. The Labute approximate surface area is 143 Å². The van der Waals surface area contributed by atoms with Gasteiger partial charge < -0.3 is 5.32 Å². The summed E-state index contributed by atoms with van der Waals surface area (Å²) < 4.78 is 39.7. The highest BCUT2D eigenvalue weighted by Crippen LogP contribution is 2.25. The molecule has 3 rings (SSSR count). The van der Waals surface area contributed by atoms with E-state index in [1.165, 1.54) is 42.1 Å². The number of nitrogens with one attached hydrogen (secondary N) is 2. The molecule has 2 N–H and O–H groups in total. The minimum atomic E-state index is -3.43. The van der Waals surface area contributed by atoms with E-state index in [1.807, 2.05) is 0 Å². The first-order valence-corrected chi connectivity index (χ1v) is 9.16. The lowest BCUT2D eigenvalue weighted by Crippen LogP contribution is -2.21. The number of carbonyl (C=O) groups excluding carboxylic acids is 1. The van der Waals surface area contributed by atoms with Crippen LogP contribution in [0.1, 0.15) is 10.5 Å². The number of nitrogens with zero attached hydrogens (tertiary/aromatic N) is 2. The molecule has 2 aromatic carbocycles. The van der Waals surface area contributed by atoms with E-state index in [9.17, 15) is 17.6 Å². The number of halogens is 1. The van der Waals surface area contributed by atoms with Crippen molar-refractivity contribution in [2.24, 2.45) is 0 Å². The van der Waals surface area contributed by atoms with Crippen LogP contribution < -0.4 is 10.0 Å². The summed E-state index contributed by atoms with van der Waals surface area (Å²) in [4.78, 5) is 12.3. The van der Waals surface area contributed by atoms with Gasteiger partial charge in [0.1, 0.15) is 11.5 Å². The predicted octanol–water partition coefficient (Wildman–Crippen LogP) is 1.90. The Hall–Kier alpha value is -2.94. The quantitative estimate of drug-likeness (QED) is 0.741. The summed E-state index contributed by atoms with van der Waals surface area (Å²) in [5, 5.41) is 7.46. The molecule has 1 amide bonds. The lowest BCUT2D eigenvalue weighted by Gasteiger charge is -2.06. The SMILES string of the molecule is CNC(=O)c1c2ccc(NS(C)(=O)=O)cc2nn1-c1ccc(F)cc1. The van der Waals surface area contributed by atoms with Crippen LogP contribution >= 0.6 is 0 Å². The normalized spacial score (nSPS) is 11.5. The summed E-state index contributed by atoms with van der Waals surface area (Å²) >= 11 is 0. The Bertz CT molecular complexity index is 1060. The van der Waals surface area contributed by atoms with E-state index in [1.54, 1.807) is 12.1 Å². The molecule has 1 aromatic heterocycles. The molecule has 0 aliphatic carbocycles. The number of hydrogen-bond donors (Lipinski definition) is 2. The van der Waals surface area contributed by atoms with Crippen molar-refractivity contribution in [2.75, 3.05) is 18.0 Å². The lowest BCUT2D eigenvalue weighted by atomic mass is 10.2. The van der Waals surface area contributed by atoms with Crippen molar-refractivity contribution in [1.29, 1.82) is 0 Å². The van der Waals surface area contributed by atoms with Crippen LogP contribution in [0.4, 0.5) is 10.1 Å². The van der Waals surface area contributed by atoms with Crippen LogP contribution in [0, 0.1) is 5.82 Å². The van der Waals surface area contributed by atoms with Crippen LogP contribution in [0.15, 0.2) is 42.5 Å². The summed E-state index contributed by atoms with van der Waals surface area (Å²) in [6, 6.07) is 10.2. The molecule has 0 radical (unpaired) electrons. The van der Waals surface area contributed by atoms with Crippen LogP contribution in [0.25, 0.3) is 16.6 Å². The van der Waals surface area contributed by atoms with Gasteiger partial charge in [0.2, 0.25) is 10.0 Å². The topological polar surface area (TPSA) is 93.1 Å². The standard InChI is InChI=1S/C16H15FN4O3S/c1-18-16(22)15-13-8-5-11(20-25(2,23)24)9-14(13)19-21(15)12-6-3-10(17)4-7-12/h3-9,20H,1-2H3,(H,18,22). The van der Waals surface area contributed by atoms with E-state index in [2.05, 4.69) is 15.1 Å². The molecule has 7 nitrogen and oxygen atoms in total. The zero-order valence-corrected chi connectivity index (χ0v) is 14.3. The molecule has 0 aliphatic rings. The largest absolute Gasteiger partial charge is 0.354 e. The van der Waals surface area contributed by atoms with Gasteiger partial charge in [0, 0.05) is 12.4 Å². The molecule has 0 spiro atoms. The van der Waals surface area contributed by atoms with Gasteiger partial charge in [0.25, 0.3) is 5.91 Å². The fourth-order valence-electron chi connectivity index (χ4n) is 2.47. The number of amides is 1. The van der Waals surface area contributed by atoms with Gasteiger partial charge in [-0.2, -0.15) is 5.10 Å². The van der Waals surface area contributed by atoms with Crippen molar-refractivity contribution in [3.8, 4) is 5.69 Å². The molecule has 9 heteroatoms. The van der Waals surface area contributed by atoms with Gasteiger partial charge in [-0.15, -0.1) is 0 Å². The molecule has 0 saturated heterocycles. The minimum Gasteiger partial charge on any atom is -0.354 e. The summed E-state index contributed by atoms with van der Waals surface area (Å²) in [6.07, 6.45) is 1.05. The van der Waals surface area contributed by atoms with E-state index in [4.69, 9.17) is 0 Å². The molecular formula is C16H15FN4O3S. The zero-order valence-electron chi connectivity index (χ0n) is 13.4. The predicted molar refractivity (Wildman–Crippen MR) is 92.9 cm³/mol. The van der Waals surface area contributed by atoms with Crippen molar-refractivity contribution in [3.63, 3.8) is 0 Å². The van der Waals surface area contributed by atoms with Crippen molar-refractivity contribution >= 4 is 32.5 Å². The molecule has 0 unspecified atom stereocenters. The maximum atomic E-state index is 13.2. The second kappa shape index (κ2) is 6.17. The maximum Gasteiger partial charge on any atom is 0.270 e. The Kier molecular flexibility index (Phi) is 4.17. The average molecular weight is 362 g/mol. The molecular weight excluding hydrogens is 347 g/mol. The van der Waals surface area contributed by atoms with E-state index in [0.717, 1.165) is 6.26 Å². The number of hydrogen-bond acceptors (Lipinski definition) is 4. The number of aromatic nitrogens is 2. The summed E-state index contributed by atoms with van der Waals surface area (Å²) in [7, 11) is -1.94. The molecule has 25 heavy (non-hydrogen) atoms. The van der Waals surface area contributed by atoms with E-state index in [-0.39, 0.29) is 11.6 Å². The third-order valence-electron chi connectivity index (χ3n) is 3.49. The number of anilines is 1. The Morgan fingerprint density at radius 3 is 2.44 bits per heavy atom. The Balaban J connectivity index is 2.21. The second-order valence-corrected chi connectivity index (χ2v) is 7.17. The number of fused-ring (bicyclic) bond motifs is 1. The molecule has 3 aromatic rings. The Morgan fingerprint density at radius 1 is 1.16 bits per heavy atom. The van der Waals surface area contributed by atoms with Gasteiger partial charge in [-0.25, -0.2) is 17.5 Å². The van der Waals surface area contributed by atoms with E-state index in [0.29, 0.717) is 22.3 Å². The average Bonchev–Trinajstić information content (AvgIpc) is 2.91. The van der Waals surface area contributed by atoms with Gasteiger partial charge >= 0.3 is 0 Å². The van der Waals surface area contributed by atoms with Crippen LogP contribution in [0.5, 0.6) is 0 Å². The molecule has 0 bridgehead atoms. The summed E-state index contributed by atoms with van der Waals surface area (Å²) in [5.74, 6) is -0.766. The number of carbonyl (C=O) groups is 1. The second-order valence-electron chi connectivity index (χ2n) is 5.42. The number of sulfonamides is 1. The fraction of sp³-hybridized carbons (Fsp3) is 0.125. The van der Waals surface area contributed by atoms with Crippen LogP contribution in [-0.2, 0) is 10.0 Å². The van der Waals surface area contributed by atoms with Crippen molar-refractivity contribution in [2.45, 2.75) is 0 Å². The van der Waals surface area contributed by atoms with Gasteiger partial charge in [-0.05, 0) is 42.5 Å². The molecule has 0 aliphatic heterocycles. The highest BCUT2D eigenvalue weighted by Gasteiger charge is 2.19. The summed E-state index contributed by atoms with van der Waals surface area (Å²) in [5.41, 5.74) is 1.54. The van der Waals surface area contributed by atoms with E-state index >= 15 is 0 Å². The molecule has 0 saturated carbocycles. The first-order chi connectivity index (χ1) is 11.8. The smallest absolute Gasteiger partial charge is 0.270 e. The van der Waals surface area contributed by atoms with Crippen molar-refractivity contribution < 1.29 is 17.6 Å². The third-order valence-corrected chi connectivity index (χ3v) is 4.10. The van der Waals surface area contributed by atoms with Crippen LogP contribution in [0.2, 0.25) is 0 Å². The van der Waals surface area contributed by atoms with Crippen molar-refractivity contribution in [1.82, 2.24) is 15.1 Å². The summed E-state index contributed by atoms with van der Waals surface area (Å²) in [6.45, 7) is 0. The highest BCUT2D eigenvalue weighted by molar-refractivity contribution is 7.92. The molecule has 0 fully saturated rings. The molecule has 1 heterocycles. The fourth-order valence-corrected chi connectivity index (χ4v) is 3.03. The zero-order chi connectivity index (χ0) is 18.2. The van der Waals surface area contributed by atoms with Crippen molar-refractivity contribution in [3.05, 3.63) is 54.0 Å². The lowest BCUT2D eigenvalue weighted by molar-refractivity contribution is 0.0957. The van der Waals surface area contributed by atoms with Gasteiger partial charge in [0.15, 0.2) is 0 Å². The highest BCUT2D eigenvalue weighted by atomic mass is 32.2. The van der Waals surface area contributed by atoms with Gasteiger partial charge in [-0.3, -0.25) is 9.52 Å². The minimum absolute atomic E-state index is 0.273. The van der Waals surface area contributed by atoms with Gasteiger partial charge in [0.05, 0.1) is 23.1 Å². The van der Waals surface area contributed by atoms with Gasteiger partial charge in [-0.1, -0.05) is 0 Å². The van der Waals surface area contributed by atoms with E-state index < -0.39 is 15.8 Å². The molecule has 130 valence electrons.